The van der Waals surface area contributed by atoms with E-state index in [9.17, 15) is 4.79 Å². The van der Waals surface area contributed by atoms with Crippen molar-refractivity contribution in [3.8, 4) is 11.4 Å². The van der Waals surface area contributed by atoms with Gasteiger partial charge in [0.2, 0.25) is 5.91 Å². The van der Waals surface area contributed by atoms with Gasteiger partial charge in [-0.15, -0.1) is 0 Å². The van der Waals surface area contributed by atoms with E-state index in [-0.39, 0.29) is 5.91 Å². The van der Waals surface area contributed by atoms with E-state index in [2.05, 4.69) is 28.3 Å². The second-order valence-electron chi connectivity index (χ2n) is 5.43. The first-order chi connectivity index (χ1) is 10.7. The van der Waals surface area contributed by atoms with Gasteiger partial charge in [-0.2, -0.15) is 0 Å². The first-order valence-electron chi connectivity index (χ1n) is 7.83. The van der Waals surface area contributed by atoms with Crippen LogP contribution in [0.15, 0.2) is 36.7 Å². The van der Waals surface area contributed by atoms with Crippen LogP contribution in [0, 0.1) is 6.92 Å². The van der Waals surface area contributed by atoms with Gasteiger partial charge < -0.3 is 5.32 Å². The van der Waals surface area contributed by atoms with Gasteiger partial charge in [-0.25, -0.2) is 0 Å². The SMILES string of the molecule is CCC(=O)NCCCCc1ccnc(-c2cc(C)ccn2)c1. The second kappa shape index (κ2) is 8.27. The number of pyridine rings is 2. The van der Waals surface area contributed by atoms with Crippen LogP contribution in [0.2, 0.25) is 0 Å². The van der Waals surface area contributed by atoms with Crippen molar-refractivity contribution >= 4 is 5.91 Å². The highest BCUT2D eigenvalue weighted by molar-refractivity contribution is 5.75. The van der Waals surface area contributed by atoms with Crippen molar-refractivity contribution < 1.29 is 4.79 Å². The zero-order valence-corrected chi connectivity index (χ0v) is 13.3. The summed E-state index contributed by atoms with van der Waals surface area (Å²) in [6, 6.07) is 8.18. The number of hydrogen-bond donors (Lipinski definition) is 1. The molecule has 2 aromatic rings. The van der Waals surface area contributed by atoms with Gasteiger partial charge in [0.1, 0.15) is 0 Å². The van der Waals surface area contributed by atoms with E-state index >= 15 is 0 Å². The van der Waals surface area contributed by atoms with Crippen LogP contribution in [-0.4, -0.2) is 22.4 Å². The number of aromatic nitrogens is 2. The lowest BCUT2D eigenvalue weighted by atomic mass is 10.1. The number of carbonyl (C=O) groups is 1. The largest absolute Gasteiger partial charge is 0.356 e. The summed E-state index contributed by atoms with van der Waals surface area (Å²) in [5.74, 6) is 0.122. The smallest absolute Gasteiger partial charge is 0.219 e. The molecule has 0 fully saturated rings. The van der Waals surface area contributed by atoms with Crippen molar-refractivity contribution in [2.24, 2.45) is 0 Å². The molecule has 0 spiro atoms. The van der Waals surface area contributed by atoms with Crippen molar-refractivity contribution in [2.75, 3.05) is 6.54 Å². The summed E-state index contributed by atoms with van der Waals surface area (Å²) < 4.78 is 0. The standard InChI is InChI=1S/C18H23N3O/c1-3-18(22)21-9-5-4-6-15-8-11-20-17(13-15)16-12-14(2)7-10-19-16/h7-8,10-13H,3-6,9H2,1-2H3,(H,21,22). The zero-order chi connectivity index (χ0) is 15.8. The predicted molar refractivity (Wildman–Crippen MR) is 88.4 cm³/mol. The lowest BCUT2D eigenvalue weighted by molar-refractivity contribution is -0.120. The van der Waals surface area contributed by atoms with Crippen LogP contribution in [0.25, 0.3) is 11.4 Å². The molecule has 0 atom stereocenters. The molecule has 4 heteroatoms. The summed E-state index contributed by atoms with van der Waals surface area (Å²) in [5.41, 5.74) is 4.27. The van der Waals surface area contributed by atoms with E-state index in [4.69, 9.17) is 0 Å². The van der Waals surface area contributed by atoms with Crippen molar-refractivity contribution in [1.29, 1.82) is 0 Å². The molecule has 2 aromatic heterocycles. The van der Waals surface area contributed by atoms with Gasteiger partial charge in [0.05, 0.1) is 11.4 Å². The highest BCUT2D eigenvalue weighted by atomic mass is 16.1. The van der Waals surface area contributed by atoms with Gasteiger partial charge in [-0.3, -0.25) is 14.8 Å². The van der Waals surface area contributed by atoms with Crippen LogP contribution < -0.4 is 5.32 Å². The zero-order valence-electron chi connectivity index (χ0n) is 13.3. The highest BCUT2D eigenvalue weighted by Gasteiger charge is 2.03. The molecule has 1 N–H and O–H groups in total. The van der Waals surface area contributed by atoms with Gasteiger partial charge >= 0.3 is 0 Å². The molecular weight excluding hydrogens is 274 g/mol. The average molecular weight is 297 g/mol. The third-order valence-electron chi connectivity index (χ3n) is 3.54. The van der Waals surface area contributed by atoms with E-state index in [0.717, 1.165) is 37.2 Å². The lowest BCUT2D eigenvalue weighted by Gasteiger charge is -2.06. The van der Waals surface area contributed by atoms with Crippen LogP contribution in [0.4, 0.5) is 0 Å². The Labute approximate surface area is 132 Å². The minimum atomic E-state index is 0.122. The molecule has 0 bridgehead atoms. The molecule has 0 radical (unpaired) electrons. The monoisotopic (exact) mass is 297 g/mol. The molecule has 116 valence electrons. The van der Waals surface area contributed by atoms with E-state index in [1.807, 2.05) is 37.5 Å². The predicted octanol–water partition coefficient (Wildman–Crippen LogP) is 3.30. The average Bonchev–Trinajstić information content (AvgIpc) is 2.54. The molecule has 0 unspecified atom stereocenters. The number of nitrogens with zero attached hydrogens (tertiary/aromatic N) is 2. The number of aryl methyl sites for hydroxylation is 2. The van der Waals surface area contributed by atoms with Gasteiger partial charge in [0.25, 0.3) is 0 Å². The van der Waals surface area contributed by atoms with Crippen LogP contribution in [-0.2, 0) is 11.2 Å². The fraction of sp³-hybridized carbons (Fsp3) is 0.389. The number of carbonyl (C=O) groups excluding carboxylic acids is 1. The number of hydrogen-bond acceptors (Lipinski definition) is 3. The molecule has 2 rings (SSSR count). The molecule has 2 heterocycles. The second-order valence-corrected chi connectivity index (χ2v) is 5.43. The molecule has 0 aliphatic heterocycles. The fourth-order valence-electron chi connectivity index (χ4n) is 2.25. The Morgan fingerprint density at radius 3 is 2.55 bits per heavy atom. The Bertz CT molecular complexity index is 625. The first kappa shape index (κ1) is 16.1. The van der Waals surface area contributed by atoms with E-state index in [1.54, 1.807) is 0 Å². The molecule has 4 nitrogen and oxygen atoms in total. The molecule has 0 saturated carbocycles. The van der Waals surface area contributed by atoms with Crippen LogP contribution >= 0.6 is 0 Å². The summed E-state index contributed by atoms with van der Waals surface area (Å²) in [7, 11) is 0. The minimum Gasteiger partial charge on any atom is -0.356 e. The third kappa shape index (κ3) is 4.95. The number of unbranched alkanes of at least 4 members (excludes halogenated alkanes) is 1. The van der Waals surface area contributed by atoms with Crippen molar-refractivity contribution in [3.63, 3.8) is 0 Å². The van der Waals surface area contributed by atoms with Crippen molar-refractivity contribution in [1.82, 2.24) is 15.3 Å². The maximum Gasteiger partial charge on any atom is 0.219 e. The Kier molecular flexibility index (Phi) is 6.07. The van der Waals surface area contributed by atoms with Gasteiger partial charge in [-0.05, 0) is 61.6 Å². The fourth-order valence-corrected chi connectivity index (χ4v) is 2.25. The topological polar surface area (TPSA) is 54.9 Å². The molecule has 0 aromatic carbocycles. The number of nitrogens with one attached hydrogen (secondary N) is 1. The molecule has 0 saturated heterocycles. The van der Waals surface area contributed by atoms with Crippen LogP contribution in [0.5, 0.6) is 0 Å². The summed E-state index contributed by atoms with van der Waals surface area (Å²) in [6.45, 7) is 4.68. The number of amides is 1. The molecule has 0 aliphatic rings. The van der Waals surface area contributed by atoms with Crippen molar-refractivity contribution in [3.05, 3.63) is 47.8 Å². The third-order valence-corrected chi connectivity index (χ3v) is 3.54. The summed E-state index contributed by atoms with van der Waals surface area (Å²) in [5, 5.41) is 2.90. The Morgan fingerprint density at radius 2 is 1.82 bits per heavy atom. The number of rotatable bonds is 7. The Morgan fingerprint density at radius 1 is 1.09 bits per heavy atom. The maximum absolute atomic E-state index is 11.1. The van der Waals surface area contributed by atoms with E-state index < -0.39 is 0 Å². The molecular formula is C18H23N3O. The lowest BCUT2D eigenvalue weighted by Crippen LogP contribution is -2.23. The van der Waals surface area contributed by atoms with Crippen LogP contribution in [0.1, 0.15) is 37.3 Å². The van der Waals surface area contributed by atoms with Gasteiger partial charge in [-0.1, -0.05) is 6.92 Å². The normalized spacial score (nSPS) is 10.5. The minimum absolute atomic E-state index is 0.122. The Balaban J connectivity index is 1.88. The molecule has 0 aliphatic carbocycles. The van der Waals surface area contributed by atoms with Crippen molar-refractivity contribution in [2.45, 2.75) is 39.5 Å². The quantitative estimate of drug-likeness (QED) is 0.798. The molecule has 22 heavy (non-hydrogen) atoms. The maximum atomic E-state index is 11.1. The Hall–Kier alpha value is -2.23. The van der Waals surface area contributed by atoms with E-state index in [1.165, 1.54) is 11.1 Å². The van der Waals surface area contributed by atoms with Gasteiger partial charge in [0, 0.05) is 25.4 Å². The summed E-state index contributed by atoms with van der Waals surface area (Å²) in [6.07, 6.45) is 7.24. The summed E-state index contributed by atoms with van der Waals surface area (Å²) in [4.78, 5) is 19.9. The van der Waals surface area contributed by atoms with Crippen LogP contribution in [0.3, 0.4) is 0 Å². The highest BCUT2D eigenvalue weighted by Crippen LogP contribution is 2.17. The summed E-state index contributed by atoms with van der Waals surface area (Å²) >= 11 is 0. The molecule has 1 amide bonds. The van der Waals surface area contributed by atoms with Gasteiger partial charge in [0.15, 0.2) is 0 Å². The first-order valence-corrected chi connectivity index (χ1v) is 7.83. The van der Waals surface area contributed by atoms with E-state index in [0.29, 0.717) is 6.42 Å².